The van der Waals surface area contributed by atoms with E-state index in [1.165, 1.54) is 4.90 Å². The molecule has 0 spiro atoms. The summed E-state index contributed by atoms with van der Waals surface area (Å²) in [4.78, 5) is 5.37. The maximum Gasteiger partial charge on any atom is 0.126 e. The van der Waals surface area contributed by atoms with Crippen molar-refractivity contribution in [2.45, 2.75) is 11.3 Å². The first-order chi connectivity index (χ1) is 7.86. The molecule has 0 unspecified atom stereocenters. The molecule has 0 aliphatic heterocycles. The molecule has 0 bridgehead atoms. The normalized spacial score (nSPS) is 10.2. The maximum atomic E-state index is 5.78. The van der Waals surface area contributed by atoms with Crippen LogP contribution in [0.2, 0.25) is 0 Å². The maximum absolute atomic E-state index is 5.78. The van der Waals surface area contributed by atoms with Crippen molar-refractivity contribution in [1.29, 1.82) is 0 Å². The van der Waals surface area contributed by atoms with E-state index in [9.17, 15) is 0 Å². The van der Waals surface area contributed by atoms with Crippen LogP contribution in [0.4, 0.5) is 5.82 Å². The lowest BCUT2D eigenvalue weighted by molar-refractivity contribution is 1.12. The van der Waals surface area contributed by atoms with Gasteiger partial charge in [-0.15, -0.1) is 11.8 Å². The van der Waals surface area contributed by atoms with Crippen molar-refractivity contribution in [1.82, 2.24) is 4.98 Å². The van der Waals surface area contributed by atoms with E-state index in [0.717, 1.165) is 17.7 Å². The van der Waals surface area contributed by atoms with E-state index >= 15 is 0 Å². The SMILES string of the molecule is Nc1ncccc1CCSc1ccccc1. The minimum Gasteiger partial charge on any atom is -0.383 e. The number of nitrogens with two attached hydrogens (primary N) is 1. The third kappa shape index (κ3) is 3.00. The van der Waals surface area contributed by atoms with Gasteiger partial charge in [-0.3, -0.25) is 0 Å². The number of pyridine rings is 1. The Labute approximate surface area is 99.9 Å². The van der Waals surface area contributed by atoms with E-state index in [2.05, 4.69) is 29.2 Å². The molecule has 3 heteroatoms. The van der Waals surface area contributed by atoms with Crippen LogP contribution in [0.15, 0.2) is 53.6 Å². The highest BCUT2D eigenvalue weighted by Crippen LogP contribution is 2.19. The Balaban J connectivity index is 1.87. The lowest BCUT2D eigenvalue weighted by atomic mass is 10.2. The highest BCUT2D eigenvalue weighted by Gasteiger charge is 1.99. The second-order valence-corrected chi connectivity index (χ2v) is 4.63. The number of anilines is 1. The molecule has 0 saturated heterocycles. The fraction of sp³-hybridized carbons (Fsp3) is 0.154. The summed E-state index contributed by atoms with van der Waals surface area (Å²) >= 11 is 1.84. The van der Waals surface area contributed by atoms with Gasteiger partial charge in [0.25, 0.3) is 0 Å². The topological polar surface area (TPSA) is 38.9 Å². The number of benzene rings is 1. The summed E-state index contributed by atoms with van der Waals surface area (Å²) in [6.07, 6.45) is 2.68. The van der Waals surface area contributed by atoms with Crippen LogP contribution in [0, 0.1) is 0 Å². The Morgan fingerprint density at radius 1 is 1.06 bits per heavy atom. The molecule has 1 aromatic carbocycles. The minimum absolute atomic E-state index is 0.649. The molecule has 2 rings (SSSR count). The molecule has 0 amide bonds. The number of aryl methyl sites for hydroxylation is 1. The van der Waals surface area contributed by atoms with Gasteiger partial charge < -0.3 is 5.73 Å². The smallest absolute Gasteiger partial charge is 0.126 e. The highest BCUT2D eigenvalue weighted by atomic mass is 32.2. The van der Waals surface area contributed by atoms with Crippen LogP contribution >= 0.6 is 11.8 Å². The summed E-state index contributed by atoms with van der Waals surface area (Å²) in [5, 5.41) is 0. The van der Waals surface area contributed by atoms with Crippen molar-refractivity contribution in [3.63, 3.8) is 0 Å². The summed E-state index contributed by atoms with van der Waals surface area (Å²) in [6.45, 7) is 0. The van der Waals surface area contributed by atoms with Crippen LogP contribution in [-0.4, -0.2) is 10.7 Å². The van der Waals surface area contributed by atoms with Crippen LogP contribution in [0.3, 0.4) is 0 Å². The number of nitrogens with zero attached hydrogens (tertiary/aromatic N) is 1. The van der Waals surface area contributed by atoms with Gasteiger partial charge in [0.05, 0.1) is 0 Å². The predicted octanol–water partition coefficient (Wildman–Crippen LogP) is 3.00. The van der Waals surface area contributed by atoms with Gasteiger partial charge in [0.2, 0.25) is 0 Å². The number of aromatic nitrogens is 1. The summed E-state index contributed by atoms with van der Waals surface area (Å²) < 4.78 is 0. The quantitative estimate of drug-likeness (QED) is 0.821. The number of rotatable bonds is 4. The molecule has 1 aromatic heterocycles. The molecule has 16 heavy (non-hydrogen) atoms. The van der Waals surface area contributed by atoms with E-state index in [1.807, 2.05) is 30.0 Å². The van der Waals surface area contributed by atoms with E-state index < -0.39 is 0 Å². The van der Waals surface area contributed by atoms with Crippen molar-refractivity contribution in [2.24, 2.45) is 0 Å². The number of hydrogen-bond acceptors (Lipinski definition) is 3. The summed E-state index contributed by atoms with van der Waals surface area (Å²) in [6, 6.07) is 14.4. The molecule has 0 aliphatic rings. The third-order valence-electron chi connectivity index (χ3n) is 2.31. The average molecular weight is 230 g/mol. The van der Waals surface area contributed by atoms with Crippen molar-refractivity contribution in [2.75, 3.05) is 11.5 Å². The van der Waals surface area contributed by atoms with Crippen molar-refractivity contribution >= 4 is 17.6 Å². The standard InChI is InChI=1S/C13H14N2S/c14-13-11(5-4-9-15-13)8-10-16-12-6-2-1-3-7-12/h1-7,9H,8,10H2,(H2,14,15). The molecule has 0 atom stereocenters. The van der Waals surface area contributed by atoms with Crippen molar-refractivity contribution in [3.05, 3.63) is 54.2 Å². The van der Waals surface area contributed by atoms with Gasteiger partial charge in [0.1, 0.15) is 5.82 Å². The molecular weight excluding hydrogens is 216 g/mol. The Morgan fingerprint density at radius 2 is 1.88 bits per heavy atom. The Hall–Kier alpha value is -1.48. The summed E-state index contributed by atoms with van der Waals surface area (Å²) in [5.74, 6) is 1.68. The molecule has 1 heterocycles. The molecule has 0 radical (unpaired) electrons. The molecular formula is C13H14N2S. The first kappa shape index (κ1) is 11.0. The van der Waals surface area contributed by atoms with Crippen LogP contribution in [0.25, 0.3) is 0 Å². The fourth-order valence-electron chi connectivity index (χ4n) is 1.46. The third-order valence-corrected chi connectivity index (χ3v) is 3.32. The molecule has 2 N–H and O–H groups in total. The van der Waals surface area contributed by atoms with Crippen molar-refractivity contribution < 1.29 is 0 Å². The second-order valence-electron chi connectivity index (χ2n) is 3.46. The summed E-state index contributed by atoms with van der Waals surface area (Å²) in [5.41, 5.74) is 6.91. The van der Waals surface area contributed by atoms with Gasteiger partial charge in [-0.2, -0.15) is 0 Å². The van der Waals surface area contributed by atoms with Gasteiger partial charge >= 0.3 is 0 Å². The fourth-order valence-corrected chi connectivity index (χ4v) is 2.37. The predicted molar refractivity (Wildman–Crippen MR) is 69.5 cm³/mol. The van der Waals surface area contributed by atoms with Gasteiger partial charge in [-0.25, -0.2) is 4.98 Å². The van der Waals surface area contributed by atoms with Crippen LogP contribution in [0.5, 0.6) is 0 Å². The number of nitrogen functional groups attached to an aromatic ring is 1. The minimum atomic E-state index is 0.649. The first-order valence-electron chi connectivity index (χ1n) is 5.23. The van der Waals surface area contributed by atoms with Crippen molar-refractivity contribution in [3.8, 4) is 0 Å². The molecule has 82 valence electrons. The van der Waals surface area contributed by atoms with Gasteiger partial charge in [0, 0.05) is 16.8 Å². The van der Waals surface area contributed by atoms with Crippen LogP contribution in [-0.2, 0) is 6.42 Å². The monoisotopic (exact) mass is 230 g/mol. The number of hydrogen-bond donors (Lipinski definition) is 1. The Bertz CT molecular complexity index is 443. The molecule has 0 fully saturated rings. The first-order valence-corrected chi connectivity index (χ1v) is 6.22. The van der Waals surface area contributed by atoms with Crippen LogP contribution in [0.1, 0.15) is 5.56 Å². The zero-order valence-electron chi connectivity index (χ0n) is 8.97. The van der Waals surface area contributed by atoms with Gasteiger partial charge in [-0.05, 0) is 30.2 Å². The Morgan fingerprint density at radius 3 is 2.62 bits per heavy atom. The Kier molecular flexibility index (Phi) is 3.83. The van der Waals surface area contributed by atoms with Gasteiger partial charge in [-0.1, -0.05) is 24.3 Å². The largest absolute Gasteiger partial charge is 0.383 e. The second kappa shape index (κ2) is 5.56. The lowest BCUT2D eigenvalue weighted by Gasteiger charge is -2.04. The highest BCUT2D eigenvalue weighted by molar-refractivity contribution is 7.99. The zero-order valence-corrected chi connectivity index (χ0v) is 9.78. The molecule has 0 saturated carbocycles. The molecule has 2 aromatic rings. The number of thioether (sulfide) groups is 1. The van der Waals surface area contributed by atoms with E-state index in [4.69, 9.17) is 5.73 Å². The molecule has 2 nitrogen and oxygen atoms in total. The summed E-state index contributed by atoms with van der Waals surface area (Å²) in [7, 11) is 0. The van der Waals surface area contributed by atoms with E-state index in [-0.39, 0.29) is 0 Å². The lowest BCUT2D eigenvalue weighted by Crippen LogP contribution is -1.98. The molecule has 0 aliphatic carbocycles. The van der Waals surface area contributed by atoms with E-state index in [0.29, 0.717) is 5.82 Å². The van der Waals surface area contributed by atoms with Crippen LogP contribution < -0.4 is 5.73 Å². The van der Waals surface area contributed by atoms with Gasteiger partial charge in [0.15, 0.2) is 0 Å². The van der Waals surface area contributed by atoms with E-state index in [1.54, 1.807) is 6.20 Å². The zero-order chi connectivity index (χ0) is 11.2. The average Bonchev–Trinajstić information content (AvgIpc) is 2.33.